The van der Waals surface area contributed by atoms with E-state index in [1.165, 1.54) is 0 Å². The molecule has 0 aliphatic rings. The second-order valence-corrected chi connectivity index (χ2v) is 6.87. The van der Waals surface area contributed by atoms with Crippen LogP contribution in [-0.2, 0) is 4.79 Å². The van der Waals surface area contributed by atoms with Crippen LogP contribution >= 0.6 is 11.6 Å². The fraction of sp³-hybridized carbons (Fsp3) is 0.588. The fourth-order valence-electron chi connectivity index (χ4n) is 2.32. The average molecular weight is 311 g/mol. The van der Waals surface area contributed by atoms with Crippen molar-refractivity contribution in [1.29, 1.82) is 0 Å². The third kappa shape index (κ3) is 5.68. The highest BCUT2D eigenvalue weighted by Crippen LogP contribution is 2.27. The normalized spacial score (nSPS) is 13.0. The van der Waals surface area contributed by atoms with E-state index in [1.54, 1.807) is 0 Å². The molecular formula is C17H27ClN2O. The van der Waals surface area contributed by atoms with Gasteiger partial charge in [0.15, 0.2) is 0 Å². The van der Waals surface area contributed by atoms with Crippen LogP contribution in [0.1, 0.15) is 51.6 Å². The topological polar surface area (TPSA) is 46.3 Å². The van der Waals surface area contributed by atoms with Gasteiger partial charge < -0.3 is 10.6 Å². The first kappa shape index (κ1) is 18.0. The van der Waals surface area contributed by atoms with Crippen LogP contribution in [0.2, 0.25) is 5.02 Å². The number of halogens is 1. The highest BCUT2D eigenvalue weighted by molar-refractivity contribution is 6.30. The molecule has 0 bridgehead atoms. The van der Waals surface area contributed by atoms with E-state index in [9.17, 15) is 4.79 Å². The molecule has 1 amide bonds. The smallest absolute Gasteiger partial charge is 0.222 e. The average Bonchev–Trinajstić information content (AvgIpc) is 2.44. The Kier molecular flexibility index (Phi) is 6.69. The van der Waals surface area contributed by atoms with Crippen LogP contribution in [0.15, 0.2) is 24.3 Å². The monoisotopic (exact) mass is 310 g/mol. The minimum absolute atomic E-state index is 0.0485. The Balaban J connectivity index is 2.59. The number of carbonyl (C=O) groups is 1. The summed E-state index contributed by atoms with van der Waals surface area (Å²) in [5.41, 5.74) is 6.82. The van der Waals surface area contributed by atoms with Crippen LogP contribution in [0.4, 0.5) is 0 Å². The lowest BCUT2D eigenvalue weighted by Gasteiger charge is -2.28. The summed E-state index contributed by atoms with van der Waals surface area (Å²) in [6.07, 6.45) is 2.36. The summed E-state index contributed by atoms with van der Waals surface area (Å²) < 4.78 is 0. The van der Waals surface area contributed by atoms with Gasteiger partial charge in [-0.1, -0.05) is 37.6 Å². The highest BCUT2D eigenvalue weighted by atomic mass is 35.5. The van der Waals surface area contributed by atoms with Crippen molar-refractivity contribution < 1.29 is 4.79 Å². The van der Waals surface area contributed by atoms with E-state index in [-0.39, 0.29) is 17.4 Å². The fourth-order valence-corrected chi connectivity index (χ4v) is 2.44. The SMILES string of the molecule is CC(c1ccc(Cl)cc1)N(C)C(=O)CCC(C)(C)CCN. The zero-order valence-electron chi connectivity index (χ0n) is 13.5. The van der Waals surface area contributed by atoms with E-state index in [4.69, 9.17) is 17.3 Å². The molecule has 1 unspecified atom stereocenters. The molecule has 0 aromatic heterocycles. The van der Waals surface area contributed by atoms with Crippen molar-refractivity contribution in [2.45, 2.75) is 46.1 Å². The zero-order valence-corrected chi connectivity index (χ0v) is 14.3. The number of hydrogen-bond donors (Lipinski definition) is 1. The number of carbonyl (C=O) groups excluding carboxylic acids is 1. The number of hydrogen-bond acceptors (Lipinski definition) is 2. The molecule has 1 aromatic carbocycles. The van der Waals surface area contributed by atoms with Gasteiger partial charge in [0.1, 0.15) is 0 Å². The first-order valence-corrected chi connectivity index (χ1v) is 7.86. The van der Waals surface area contributed by atoms with Crippen molar-refractivity contribution in [3.63, 3.8) is 0 Å². The number of benzene rings is 1. The van der Waals surface area contributed by atoms with Crippen LogP contribution in [0.3, 0.4) is 0 Å². The maximum atomic E-state index is 12.3. The van der Waals surface area contributed by atoms with Crippen molar-refractivity contribution in [3.05, 3.63) is 34.9 Å². The molecule has 0 saturated heterocycles. The van der Waals surface area contributed by atoms with E-state index in [0.29, 0.717) is 18.0 Å². The van der Waals surface area contributed by atoms with E-state index in [1.807, 2.05) is 43.1 Å². The molecule has 1 atom stereocenters. The van der Waals surface area contributed by atoms with Crippen LogP contribution in [0, 0.1) is 5.41 Å². The second-order valence-electron chi connectivity index (χ2n) is 6.44. The van der Waals surface area contributed by atoms with Gasteiger partial charge in [0.2, 0.25) is 5.91 Å². The molecule has 4 heteroatoms. The van der Waals surface area contributed by atoms with Crippen molar-refractivity contribution in [1.82, 2.24) is 4.90 Å². The van der Waals surface area contributed by atoms with Crippen molar-refractivity contribution in [2.24, 2.45) is 11.1 Å². The first-order chi connectivity index (χ1) is 9.76. The standard InChI is InChI=1S/C17H27ClN2O/c1-13(14-5-7-15(18)8-6-14)20(4)16(21)9-10-17(2,3)11-12-19/h5-8,13H,9-12,19H2,1-4H3. The molecule has 1 aromatic rings. The summed E-state index contributed by atoms with van der Waals surface area (Å²) in [6, 6.07) is 7.70. The van der Waals surface area contributed by atoms with Gasteiger partial charge in [-0.3, -0.25) is 4.79 Å². The molecule has 118 valence electrons. The highest BCUT2D eigenvalue weighted by Gasteiger charge is 2.22. The van der Waals surface area contributed by atoms with Gasteiger partial charge in [0, 0.05) is 18.5 Å². The Hall–Kier alpha value is -1.06. The van der Waals surface area contributed by atoms with E-state index in [2.05, 4.69) is 13.8 Å². The molecule has 0 spiro atoms. The van der Waals surface area contributed by atoms with E-state index in [0.717, 1.165) is 18.4 Å². The molecular weight excluding hydrogens is 284 g/mol. The number of nitrogens with two attached hydrogens (primary N) is 1. The largest absolute Gasteiger partial charge is 0.339 e. The molecule has 0 aliphatic carbocycles. The molecule has 1 rings (SSSR count). The minimum atomic E-state index is 0.0485. The lowest BCUT2D eigenvalue weighted by Crippen LogP contribution is -2.30. The van der Waals surface area contributed by atoms with Crippen molar-refractivity contribution in [2.75, 3.05) is 13.6 Å². The summed E-state index contributed by atoms with van der Waals surface area (Å²) >= 11 is 5.90. The van der Waals surface area contributed by atoms with Crippen LogP contribution in [0.5, 0.6) is 0 Å². The van der Waals surface area contributed by atoms with Gasteiger partial charge in [-0.25, -0.2) is 0 Å². The lowest BCUT2D eigenvalue weighted by atomic mass is 9.84. The number of nitrogens with zero attached hydrogens (tertiary/aromatic N) is 1. The third-order valence-corrected chi connectivity index (χ3v) is 4.42. The lowest BCUT2D eigenvalue weighted by molar-refractivity contribution is -0.132. The predicted octanol–water partition coefficient (Wildman–Crippen LogP) is 4.01. The summed E-state index contributed by atoms with van der Waals surface area (Å²) in [6.45, 7) is 7.02. The Morgan fingerprint density at radius 2 is 1.86 bits per heavy atom. The van der Waals surface area contributed by atoms with E-state index < -0.39 is 0 Å². The Morgan fingerprint density at radius 3 is 2.38 bits per heavy atom. The van der Waals surface area contributed by atoms with Crippen LogP contribution in [-0.4, -0.2) is 24.4 Å². The molecule has 3 nitrogen and oxygen atoms in total. The quantitative estimate of drug-likeness (QED) is 0.827. The summed E-state index contributed by atoms with van der Waals surface area (Å²) in [4.78, 5) is 14.2. The van der Waals surface area contributed by atoms with E-state index >= 15 is 0 Å². The summed E-state index contributed by atoms with van der Waals surface area (Å²) in [5.74, 6) is 0.169. The molecule has 0 fully saturated rings. The zero-order chi connectivity index (χ0) is 16.0. The Labute approximate surface area is 133 Å². The third-order valence-electron chi connectivity index (χ3n) is 4.16. The molecule has 21 heavy (non-hydrogen) atoms. The van der Waals surface area contributed by atoms with Gasteiger partial charge >= 0.3 is 0 Å². The number of amides is 1. The molecule has 2 N–H and O–H groups in total. The van der Waals surface area contributed by atoms with Crippen molar-refractivity contribution in [3.8, 4) is 0 Å². The predicted molar refractivity (Wildman–Crippen MR) is 89.3 cm³/mol. The van der Waals surface area contributed by atoms with Gasteiger partial charge in [-0.2, -0.15) is 0 Å². The van der Waals surface area contributed by atoms with Gasteiger partial charge in [0.25, 0.3) is 0 Å². The number of rotatable bonds is 7. The molecule has 0 saturated carbocycles. The second kappa shape index (κ2) is 7.81. The van der Waals surface area contributed by atoms with Crippen molar-refractivity contribution >= 4 is 17.5 Å². The maximum absolute atomic E-state index is 12.3. The first-order valence-electron chi connectivity index (χ1n) is 7.48. The van der Waals surface area contributed by atoms with Gasteiger partial charge in [-0.05, 0) is 49.4 Å². The molecule has 0 aliphatic heterocycles. The van der Waals surface area contributed by atoms with Crippen LogP contribution < -0.4 is 5.73 Å². The van der Waals surface area contributed by atoms with Gasteiger partial charge in [-0.15, -0.1) is 0 Å². The van der Waals surface area contributed by atoms with Crippen LogP contribution in [0.25, 0.3) is 0 Å². The minimum Gasteiger partial charge on any atom is -0.339 e. The Bertz CT molecular complexity index is 456. The van der Waals surface area contributed by atoms with Gasteiger partial charge in [0.05, 0.1) is 6.04 Å². The Morgan fingerprint density at radius 1 is 1.29 bits per heavy atom. The summed E-state index contributed by atoms with van der Waals surface area (Å²) in [5, 5.41) is 0.712. The molecule has 0 radical (unpaired) electrons. The summed E-state index contributed by atoms with van der Waals surface area (Å²) in [7, 11) is 1.86. The molecule has 0 heterocycles. The maximum Gasteiger partial charge on any atom is 0.222 e.